The summed E-state index contributed by atoms with van der Waals surface area (Å²) in [5.74, 6) is 6.56. The molecular formula is C9H13N3OS. The summed E-state index contributed by atoms with van der Waals surface area (Å²) >= 11 is 1.37. The molecule has 0 amide bonds. The van der Waals surface area contributed by atoms with E-state index in [1.807, 2.05) is 30.3 Å². The number of nitrogens with zero attached hydrogens (tertiary/aromatic N) is 1. The Balaban J connectivity index is 2.17. The molecule has 76 valence electrons. The molecule has 4 nitrogen and oxygen atoms in total. The van der Waals surface area contributed by atoms with Crippen LogP contribution in [0.2, 0.25) is 0 Å². The van der Waals surface area contributed by atoms with E-state index >= 15 is 0 Å². The maximum Gasteiger partial charge on any atom is 0.177 e. The van der Waals surface area contributed by atoms with E-state index in [9.17, 15) is 0 Å². The van der Waals surface area contributed by atoms with Gasteiger partial charge in [0.15, 0.2) is 5.17 Å². The average molecular weight is 211 g/mol. The van der Waals surface area contributed by atoms with Crippen molar-refractivity contribution >= 4 is 16.9 Å². The first-order valence-corrected chi connectivity index (χ1v) is 5.15. The summed E-state index contributed by atoms with van der Waals surface area (Å²) in [6.45, 7) is 0.588. The van der Waals surface area contributed by atoms with E-state index in [1.165, 1.54) is 11.8 Å². The number of hydrogen-bond acceptors (Lipinski definition) is 4. The Morgan fingerprint density at radius 2 is 2.07 bits per heavy atom. The number of nitrogens with two attached hydrogens (primary N) is 2. The van der Waals surface area contributed by atoms with E-state index in [2.05, 4.69) is 5.10 Å². The van der Waals surface area contributed by atoms with E-state index < -0.39 is 0 Å². The Morgan fingerprint density at radius 1 is 1.36 bits per heavy atom. The predicted molar refractivity (Wildman–Crippen MR) is 60.2 cm³/mol. The molecule has 0 fully saturated rings. The Kier molecular flexibility index (Phi) is 4.71. The van der Waals surface area contributed by atoms with Gasteiger partial charge in [0.05, 0.1) is 6.61 Å². The van der Waals surface area contributed by atoms with Gasteiger partial charge in [-0.15, -0.1) is 0 Å². The summed E-state index contributed by atoms with van der Waals surface area (Å²) in [4.78, 5) is 0. The third kappa shape index (κ3) is 4.04. The van der Waals surface area contributed by atoms with Crippen molar-refractivity contribution < 1.29 is 4.74 Å². The number of para-hydroxylation sites is 1. The monoisotopic (exact) mass is 211 g/mol. The minimum Gasteiger partial charge on any atom is -0.493 e. The Bertz CT molecular complexity index is 289. The summed E-state index contributed by atoms with van der Waals surface area (Å²) in [6.07, 6.45) is 0. The molecule has 1 aromatic rings. The summed E-state index contributed by atoms with van der Waals surface area (Å²) < 4.78 is 5.43. The van der Waals surface area contributed by atoms with Crippen molar-refractivity contribution in [2.75, 3.05) is 12.4 Å². The zero-order chi connectivity index (χ0) is 10.2. The fourth-order valence-corrected chi connectivity index (χ4v) is 1.31. The molecule has 5 heteroatoms. The SMILES string of the molecule is NN=C(N)SCCOc1ccccc1. The lowest BCUT2D eigenvalue weighted by atomic mass is 10.3. The molecule has 0 unspecified atom stereocenters. The number of benzene rings is 1. The molecule has 4 N–H and O–H groups in total. The number of thioether (sulfide) groups is 1. The highest BCUT2D eigenvalue weighted by atomic mass is 32.2. The molecule has 0 spiro atoms. The molecular weight excluding hydrogens is 198 g/mol. The second-order valence-corrected chi connectivity index (χ2v) is 3.59. The third-order valence-electron chi connectivity index (χ3n) is 1.47. The minimum absolute atomic E-state index is 0.377. The lowest BCUT2D eigenvalue weighted by molar-refractivity contribution is 0.344. The van der Waals surface area contributed by atoms with Crippen LogP contribution in [0, 0.1) is 0 Å². The maximum absolute atomic E-state index is 5.43. The van der Waals surface area contributed by atoms with Crippen molar-refractivity contribution in [1.82, 2.24) is 0 Å². The molecule has 0 saturated carbocycles. The zero-order valence-electron chi connectivity index (χ0n) is 7.72. The molecule has 1 aromatic carbocycles. The van der Waals surface area contributed by atoms with Crippen LogP contribution in [0.15, 0.2) is 35.4 Å². The molecule has 1 rings (SSSR count). The number of ether oxygens (including phenoxy) is 1. The molecule has 0 aromatic heterocycles. The van der Waals surface area contributed by atoms with Crippen LogP contribution in [0.3, 0.4) is 0 Å². The summed E-state index contributed by atoms with van der Waals surface area (Å²) in [7, 11) is 0. The van der Waals surface area contributed by atoms with E-state index in [1.54, 1.807) is 0 Å². The lowest BCUT2D eigenvalue weighted by Gasteiger charge is -2.04. The highest BCUT2D eigenvalue weighted by Gasteiger charge is 1.94. The van der Waals surface area contributed by atoms with Crippen molar-refractivity contribution in [1.29, 1.82) is 0 Å². The van der Waals surface area contributed by atoms with E-state index in [0.29, 0.717) is 11.8 Å². The van der Waals surface area contributed by atoms with Gasteiger partial charge in [0, 0.05) is 5.75 Å². The van der Waals surface area contributed by atoms with Crippen LogP contribution in [0.25, 0.3) is 0 Å². The van der Waals surface area contributed by atoms with Gasteiger partial charge in [-0.1, -0.05) is 30.0 Å². The standard InChI is InChI=1S/C9H13N3OS/c10-9(12-11)14-7-6-13-8-4-2-1-3-5-8/h1-5H,6-7,11H2,(H2,10,12). The van der Waals surface area contributed by atoms with Crippen LogP contribution in [-0.4, -0.2) is 17.5 Å². The lowest BCUT2D eigenvalue weighted by Crippen LogP contribution is -2.12. The van der Waals surface area contributed by atoms with Gasteiger partial charge < -0.3 is 16.3 Å². The average Bonchev–Trinajstić information content (AvgIpc) is 2.25. The van der Waals surface area contributed by atoms with Crippen molar-refractivity contribution in [3.8, 4) is 5.75 Å². The van der Waals surface area contributed by atoms with Crippen molar-refractivity contribution in [3.05, 3.63) is 30.3 Å². The van der Waals surface area contributed by atoms with Gasteiger partial charge in [0.2, 0.25) is 0 Å². The Hall–Kier alpha value is -1.36. The molecule has 0 saturated heterocycles. The first-order valence-electron chi connectivity index (χ1n) is 4.17. The van der Waals surface area contributed by atoms with Crippen LogP contribution in [0.5, 0.6) is 5.75 Å². The van der Waals surface area contributed by atoms with Crippen molar-refractivity contribution in [2.24, 2.45) is 16.7 Å². The minimum atomic E-state index is 0.377. The molecule has 0 heterocycles. The Labute approximate surface area is 87.3 Å². The van der Waals surface area contributed by atoms with Crippen LogP contribution < -0.4 is 16.3 Å². The number of amidine groups is 1. The summed E-state index contributed by atoms with van der Waals surface area (Å²) in [6, 6.07) is 9.62. The normalized spacial score (nSPS) is 11.3. The molecule has 0 radical (unpaired) electrons. The van der Waals surface area contributed by atoms with Crippen LogP contribution in [-0.2, 0) is 0 Å². The number of hydrogen-bond donors (Lipinski definition) is 2. The largest absolute Gasteiger partial charge is 0.493 e. The molecule has 0 aliphatic carbocycles. The van der Waals surface area contributed by atoms with E-state index in [4.69, 9.17) is 16.3 Å². The topological polar surface area (TPSA) is 73.6 Å². The second kappa shape index (κ2) is 6.15. The van der Waals surface area contributed by atoms with Crippen LogP contribution >= 0.6 is 11.8 Å². The van der Waals surface area contributed by atoms with Crippen LogP contribution in [0.1, 0.15) is 0 Å². The van der Waals surface area contributed by atoms with Gasteiger partial charge in [-0.3, -0.25) is 0 Å². The van der Waals surface area contributed by atoms with Gasteiger partial charge in [0.1, 0.15) is 5.75 Å². The molecule has 14 heavy (non-hydrogen) atoms. The molecule has 0 aliphatic heterocycles. The molecule has 0 atom stereocenters. The third-order valence-corrected chi connectivity index (χ3v) is 2.24. The molecule has 0 aliphatic rings. The fraction of sp³-hybridized carbons (Fsp3) is 0.222. The summed E-state index contributed by atoms with van der Waals surface area (Å²) in [5.41, 5.74) is 5.38. The van der Waals surface area contributed by atoms with Gasteiger partial charge in [-0.05, 0) is 12.1 Å². The van der Waals surface area contributed by atoms with Gasteiger partial charge >= 0.3 is 0 Å². The second-order valence-electron chi connectivity index (χ2n) is 2.48. The number of rotatable bonds is 4. The van der Waals surface area contributed by atoms with E-state index in [-0.39, 0.29) is 0 Å². The molecule has 0 bridgehead atoms. The first kappa shape index (κ1) is 10.7. The van der Waals surface area contributed by atoms with Gasteiger partial charge in [-0.25, -0.2) is 0 Å². The van der Waals surface area contributed by atoms with Crippen LogP contribution in [0.4, 0.5) is 0 Å². The highest BCUT2D eigenvalue weighted by molar-refractivity contribution is 8.13. The predicted octanol–water partition coefficient (Wildman–Crippen LogP) is 0.987. The summed E-state index contributed by atoms with van der Waals surface area (Å²) in [5, 5.41) is 3.71. The maximum atomic E-state index is 5.43. The zero-order valence-corrected chi connectivity index (χ0v) is 8.54. The highest BCUT2D eigenvalue weighted by Crippen LogP contribution is 2.09. The van der Waals surface area contributed by atoms with Crippen molar-refractivity contribution in [3.63, 3.8) is 0 Å². The van der Waals surface area contributed by atoms with E-state index in [0.717, 1.165) is 11.5 Å². The number of hydrazone groups is 1. The van der Waals surface area contributed by atoms with Crippen molar-refractivity contribution in [2.45, 2.75) is 0 Å². The van der Waals surface area contributed by atoms with Gasteiger partial charge in [0.25, 0.3) is 0 Å². The Morgan fingerprint density at radius 3 is 2.71 bits per heavy atom. The quantitative estimate of drug-likeness (QED) is 0.256. The first-order chi connectivity index (χ1) is 6.83. The smallest absolute Gasteiger partial charge is 0.177 e. The van der Waals surface area contributed by atoms with Gasteiger partial charge in [-0.2, -0.15) is 5.10 Å². The fourth-order valence-electron chi connectivity index (χ4n) is 0.860.